The molecule has 0 heterocycles. The fraction of sp³-hybridized carbons (Fsp3) is 0.625. The van der Waals surface area contributed by atoms with Crippen molar-refractivity contribution in [2.24, 2.45) is 0 Å². The van der Waals surface area contributed by atoms with E-state index in [1.165, 1.54) is 0 Å². The number of halogens is 4. The molecule has 0 aliphatic carbocycles. The minimum atomic E-state index is -3.63. The van der Waals surface area contributed by atoms with Gasteiger partial charge in [0.05, 0.1) is 26.4 Å². The van der Waals surface area contributed by atoms with Crippen LogP contribution in [0.2, 0.25) is 0 Å². The first-order valence-electron chi connectivity index (χ1n) is 8.63. The van der Waals surface area contributed by atoms with Crippen LogP contribution in [0.3, 0.4) is 0 Å². The molecule has 0 saturated heterocycles. The second kappa shape index (κ2) is 11.9. The van der Waals surface area contributed by atoms with Crippen LogP contribution in [0.5, 0.6) is 0 Å². The van der Waals surface area contributed by atoms with E-state index < -0.39 is 22.7 Å². The van der Waals surface area contributed by atoms with Gasteiger partial charge >= 0.3 is 15.2 Å². The topological polar surface area (TPSA) is 71.1 Å². The van der Waals surface area contributed by atoms with E-state index in [1.54, 1.807) is 45.9 Å². The zero-order valence-electron chi connectivity index (χ0n) is 16.0. The summed E-state index contributed by atoms with van der Waals surface area (Å²) in [5.74, 6) is 0. The molecule has 0 spiro atoms. The van der Waals surface area contributed by atoms with Crippen LogP contribution in [0.1, 0.15) is 43.4 Å². The summed E-state index contributed by atoms with van der Waals surface area (Å²) in [7, 11) is -7.10. The van der Waals surface area contributed by atoms with Crippen LogP contribution in [0.25, 0.3) is 0 Å². The Morgan fingerprint density at radius 1 is 0.929 bits per heavy atom. The first-order valence-corrected chi connectivity index (χ1v) is 15.1. The lowest BCUT2D eigenvalue weighted by atomic mass is 10.2. The maximum atomic E-state index is 13.4. The summed E-state index contributed by atoms with van der Waals surface area (Å²) in [4.78, 5) is 0. The summed E-state index contributed by atoms with van der Waals surface area (Å²) >= 11 is 14.0. The molecular formula is C16H24Br4O6P2. The molecule has 0 radical (unpaired) electrons. The van der Waals surface area contributed by atoms with Gasteiger partial charge in [0.15, 0.2) is 0 Å². The van der Waals surface area contributed by atoms with Crippen molar-refractivity contribution in [2.45, 2.75) is 35.2 Å². The van der Waals surface area contributed by atoms with Crippen LogP contribution >= 0.6 is 78.9 Å². The summed E-state index contributed by atoms with van der Waals surface area (Å²) < 4.78 is 47.0. The van der Waals surface area contributed by atoms with Gasteiger partial charge in [0, 0.05) is 10.0 Å². The molecule has 0 saturated carbocycles. The molecule has 0 fully saturated rings. The molecule has 1 aromatic carbocycles. The van der Waals surface area contributed by atoms with E-state index >= 15 is 0 Å². The minimum absolute atomic E-state index is 0.207. The molecule has 0 bridgehead atoms. The monoisotopic (exact) mass is 690 g/mol. The summed E-state index contributed by atoms with van der Waals surface area (Å²) in [6, 6.07) is 5.29. The summed E-state index contributed by atoms with van der Waals surface area (Å²) in [6.07, 6.45) is 0. The average Bonchev–Trinajstić information content (AvgIpc) is 2.62. The molecular weight excluding hydrogens is 670 g/mol. The van der Waals surface area contributed by atoms with E-state index in [9.17, 15) is 9.13 Å². The molecule has 0 aliphatic heterocycles. The fourth-order valence-electron chi connectivity index (χ4n) is 2.35. The van der Waals surface area contributed by atoms with Crippen LogP contribution in [0.15, 0.2) is 22.7 Å². The van der Waals surface area contributed by atoms with Crippen LogP contribution in [0, 0.1) is 0 Å². The SMILES string of the molecule is CCOP(=O)(OCC)C(Br)c1cccc(C(Br)(Br)P(=O)(OCC)OCC)c1Br. The molecule has 162 valence electrons. The van der Waals surface area contributed by atoms with Crippen LogP contribution in [-0.4, -0.2) is 26.4 Å². The van der Waals surface area contributed by atoms with Crippen molar-refractivity contribution in [1.82, 2.24) is 0 Å². The maximum Gasteiger partial charge on any atom is 0.362 e. The summed E-state index contributed by atoms with van der Waals surface area (Å²) in [6.45, 7) is 7.86. The Kier molecular flexibility index (Phi) is 11.7. The number of hydrogen-bond donors (Lipinski definition) is 0. The van der Waals surface area contributed by atoms with E-state index in [1.807, 2.05) is 0 Å². The first kappa shape index (κ1) is 27.5. The van der Waals surface area contributed by atoms with E-state index in [2.05, 4.69) is 63.7 Å². The third-order valence-electron chi connectivity index (χ3n) is 3.45. The van der Waals surface area contributed by atoms with E-state index in [-0.39, 0.29) is 26.4 Å². The van der Waals surface area contributed by atoms with Crippen molar-refractivity contribution in [1.29, 1.82) is 0 Å². The van der Waals surface area contributed by atoms with Crippen LogP contribution < -0.4 is 0 Å². The van der Waals surface area contributed by atoms with Gasteiger partial charge in [-0.2, -0.15) is 0 Å². The highest BCUT2D eigenvalue weighted by atomic mass is 79.9. The fourth-order valence-corrected chi connectivity index (χ4v) is 10.5. The smallest absolute Gasteiger partial charge is 0.308 e. The van der Waals surface area contributed by atoms with E-state index in [0.29, 0.717) is 15.6 Å². The van der Waals surface area contributed by atoms with Gasteiger partial charge in [-0.3, -0.25) is 9.13 Å². The Balaban J connectivity index is 3.51. The standard InChI is InChI=1S/C16H24Br4O6P2/c1-5-23-27(21,24-6-2)15(18)12-10-9-11-13(14(12)17)16(19,20)28(22,25-7-3)26-8-4/h9-11,15H,5-8H2,1-4H3. The van der Waals surface area contributed by atoms with Gasteiger partial charge in [0.1, 0.15) is 4.57 Å². The van der Waals surface area contributed by atoms with E-state index in [0.717, 1.165) is 0 Å². The third-order valence-corrected chi connectivity index (χ3v) is 14.0. The zero-order chi connectivity index (χ0) is 21.6. The molecule has 12 heteroatoms. The van der Waals surface area contributed by atoms with Gasteiger partial charge in [-0.05, 0) is 33.3 Å². The molecule has 0 amide bonds. The Labute approximate surface area is 200 Å². The Hall–Kier alpha value is 1.44. The largest absolute Gasteiger partial charge is 0.362 e. The highest BCUT2D eigenvalue weighted by Gasteiger charge is 2.50. The molecule has 1 atom stereocenters. The predicted octanol–water partition coefficient (Wildman–Crippen LogP) is 8.27. The minimum Gasteiger partial charge on any atom is -0.308 e. The Morgan fingerprint density at radius 2 is 1.39 bits per heavy atom. The molecule has 6 nitrogen and oxygen atoms in total. The Morgan fingerprint density at radius 3 is 1.82 bits per heavy atom. The lowest BCUT2D eigenvalue weighted by Crippen LogP contribution is -2.16. The normalized spacial score (nSPS) is 14.3. The number of hydrogen-bond acceptors (Lipinski definition) is 6. The zero-order valence-corrected chi connectivity index (χ0v) is 24.1. The molecule has 1 aromatic rings. The quantitative estimate of drug-likeness (QED) is 0.162. The van der Waals surface area contributed by atoms with Crippen molar-refractivity contribution in [3.05, 3.63) is 33.8 Å². The number of rotatable bonds is 12. The van der Waals surface area contributed by atoms with Gasteiger partial charge in [0.2, 0.25) is 2.97 Å². The van der Waals surface area contributed by atoms with Gasteiger partial charge in [-0.15, -0.1) is 0 Å². The van der Waals surface area contributed by atoms with Gasteiger partial charge in [-0.1, -0.05) is 81.9 Å². The van der Waals surface area contributed by atoms with Crippen LogP contribution in [0.4, 0.5) is 0 Å². The summed E-state index contributed by atoms with van der Waals surface area (Å²) in [5.41, 5.74) is 1.17. The highest BCUT2D eigenvalue weighted by molar-refractivity contribution is 9.26. The van der Waals surface area contributed by atoms with Gasteiger partial charge in [-0.25, -0.2) is 0 Å². The predicted molar refractivity (Wildman–Crippen MR) is 127 cm³/mol. The van der Waals surface area contributed by atoms with Gasteiger partial charge in [0.25, 0.3) is 0 Å². The molecule has 0 aliphatic rings. The van der Waals surface area contributed by atoms with Crippen molar-refractivity contribution < 1.29 is 27.2 Å². The Bertz CT molecular complexity index is 726. The second-order valence-electron chi connectivity index (χ2n) is 5.29. The molecule has 1 unspecified atom stereocenters. The number of alkyl halides is 3. The lowest BCUT2D eigenvalue weighted by Gasteiger charge is -2.31. The lowest BCUT2D eigenvalue weighted by molar-refractivity contribution is 0.217. The summed E-state index contributed by atoms with van der Waals surface area (Å²) in [5, 5.41) is 0. The average molecular weight is 694 g/mol. The molecule has 0 N–H and O–H groups in total. The molecule has 0 aromatic heterocycles. The van der Waals surface area contributed by atoms with Crippen molar-refractivity contribution in [3.63, 3.8) is 0 Å². The number of benzene rings is 1. The van der Waals surface area contributed by atoms with Crippen molar-refractivity contribution in [2.75, 3.05) is 26.4 Å². The molecule has 1 rings (SSSR count). The van der Waals surface area contributed by atoms with Gasteiger partial charge < -0.3 is 18.1 Å². The maximum absolute atomic E-state index is 13.4. The van der Waals surface area contributed by atoms with Crippen molar-refractivity contribution in [3.8, 4) is 0 Å². The highest BCUT2D eigenvalue weighted by Crippen LogP contribution is 2.73. The third kappa shape index (κ3) is 6.02. The second-order valence-corrected chi connectivity index (χ2v) is 16.7. The van der Waals surface area contributed by atoms with Crippen molar-refractivity contribution >= 4 is 78.9 Å². The van der Waals surface area contributed by atoms with E-state index in [4.69, 9.17) is 18.1 Å². The molecule has 28 heavy (non-hydrogen) atoms. The first-order chi connectivity index (χ1) is 13.0. The van der Waals surface area contributed by atoms with Crippen LogP contribution in [-0.2, 0) is 30.2 Å².